The van der Waals surface area contributed by atoms with E-state index in [4.69, 9.17) is 5.73 Å². The molecule has 4 rings (SSSR count). The van der Waals surface area contributed by atoms with E-state index in [1.54, 1.807) is 36.5 Å². The summed E-state index contributed by atoms with van der Waals surface area (Å²) in [5.41, 5.74) is 9.64. The molecule has 0 atom stereocenters. The SMILES string of the molecule is Nc1cnc2ccc3c(c2c1NCc1cccc(O)c1)CCS3(=O)=O. The maximum atomic E-state index is 12.2. The summed E-state index contributed by atoms with van der Waals surface area (Å²) >= 11 is 0. The van der Waals surface area contributed by atoms with Crippen molar-refractivity contribution < 1.29 is 13.5 Å². The molecule has 0 spiro atoms. The lowest BCUT2D eigenvalue weighted by atomic mass is 10.0. The topological polar surface area (TPSA) is 105 Å². The molecule has 0 radical (unpaired) electrons. The summed E-state index contributed by atoms with van der Waals surface area (Å²) in [7, 11) is -3.23. The Morgan fingerprint density at radius 2 is 2.08 bits per heavy atom. The summed E-state index contributed by atoms with van der Waals surface area (Å²) in [4.78, 5) is 4.70. The largest absolute Gasteiger partial charge is 0.508 e. The van der Waals surface area contributed by atoms with E-state index in [-0.39, 0.29) is 11.5 Å². The predicted octanol–water partition coefficient (Wildman–Crippen LogP) is 2.46. The number of hydrogen-bond donors (Lipinski definition) is 3. The fraction of sp³-hybridized carbons (Fsp3) is 0.167. The van der Waals surface area contributed by atoms with Crippen LogP contribution in [0.4, 0.5) is 11.4 Å². The number of aromatic nitrogens is 1. The summed E-state index contributed by atoms with van der Waals surface area (Å²) < 4.78 is 24.4. The van der Waals surface area contributed by atoms with Crippen LogP contribution in [-0.4, -0.2) is 24.3 Å². The summed E-state index contributed by atoms with van der Waals surface area (Å²) in [5.74, 6) is 0.307. The van der Waals surface area contributed by atoms with Crippen LogP contribution in [0.3, 0.4) is 0 Å². The Hall–Kier alpha value is -2.80. The van der Waals surface area contributed by atoms with Crippen molar-refractivity contribution in [1.82, 2.24) is 4.98 Å². The fourth-order valence-corrected chi connectivity index (χ4v) is 4.83. The van der Waals surface area contributed by atoms with Gasteiger partial charge < -0.3 is 16.2 Å². The molecule has 0 bridgehead atoms. The number of sulfone groups is 1. The lowest BCUT2D eigenvalue weighted by Crippen LogP contribution is -2.05. The van der Waals surface area contributed by atoms with Crippen LogP contribution in [0.2, 0.25) is 0 Å². The van der Waals surface area contributed by atoms with Crippen molar-refractivity contribution in [3.8, 4) is 5.75 Å². The lowest BCUT2D eigenvalue weighted by Gasteiger charge is -2.15. The number of hydrogen-bond acceptors (Lipinski definition) is 6. The van der Waals surface area contributed by atoms with Crippen LogP contribution in [0, 0.1) is 0 Å². The number of nitrogens with zero attached hydrogens (tertiary/aromatic N) is 1. The van der Waals surface area contributed by atoms with E-state index < -0.39 is 9.84 Å². The molecule has 1 aliphatic rings. The van der Waals surface area contributed by atoms with Gasteiger partial charge in [0.15, 0.2) is 9.84 Å². The van der Waals surface area contributed by atoms with Crippen LogP contribution < -0.4 is 11.1 Å². The molecule has 4 N–H and O–H groups in total. The zero-order chi connectivity index (χ0) is 17.6. The first-order chi connectivity index (χ1) is 12.0. The van der Waals surface area contributed by atoms with Crippen LogP contribution in [0.5, 0.6) is 5.75 Å². The Morgan fingerprint density at radius 1 is 1.24 bits per heavy atom. The van der Waals surface area contributed by atoms with Gasteiger partial charge in [0.2, 0.25) is 0 Å². The van der Waals surface area contributed by atoms with Gasteiger partial charge in [-0.2, -0.15) is 0 Å². The number of fused-ring (bicyclic) bond motifs is 3. The third-order valence-corrected chi connectivity index (χ3v) is 6.26. The summed E-state index contributed by atoms with van der Waals surface area (Å²) in [5, 5.41) is 13.6. The Balaban J connectivity index is 1.83. The molecule has 0 saturated carbocycles. The number of benzene rings is 2. The van der Waals surface area contributed by atoms with Crippen LogP contribution in [0.15, 0.2) is 47.5 Å². The third kappa shape index (κ3) is 2.66. The second-order valence-corrected chi connectivity index (χ2v) is 8.19. The number of anilines is 2. The highest BCUT2D eigenvalue weighted by Crippen LogP contribution is 2.38. The standard InChI is InChI=1S/C18H17N3O3S/c19-14-10-20-15-4-5-16-13(6-7-25(16,23)24)17(15)18(14)21-9-11-2-1-3-12(22)8-11/h1-5,8,10,22H,6-7,9,19H2,(H,20,21). The van der Waals surface area contributed by atoms with Crippen molar-refractivity contribution >= 4 is 32.1 Å². The molecule has 7 heteroatoms. The van der Waals surface area contributed by atoms with Gasteiger partial charge in [0, 0.05) is 11.9 Å². The molecular formula is C18H17N3O3S. The Kier molecular flexibility index (Phi) is 3.54. The number of aromatic hydroxyl groups is 1. The molecule has 2 aromatic carbocycles. The predicted molar refractivity (Wildman–Crippen MR) is 97.3 cm³/mol. The van der Waals surface area contributed by atoms with E-state index in [2.05, 4.69) is 10.3 Å². The third-order valence-electron chi connectivity index (χ3n) is 4.47. The number of rotatable bonds is 3. The van der Waals surface area contributed by atoms with Crippen molar-refractivity contribution in [3.05, 3.63) is 53.7 Å². The second-order valence-electron chi connectivity index (χ2n) is 6.12. The molecule has 0 aliphatic carbocycles. The maximum absolute atomic E-state index is 12.2. The number of nitrogen functional groups attached to an aromatic ring is 1. The number of nitrogens with two attached hydrogens (primary N) is 1. The molecule has 0 unspecified atom stereocenters. The summed E-state index contributed by atoms with van der Waals surface area (Å²) in [6, 6.07) is 10.3. The quantitative estimate of drug-likeness (QED) is 0.666. The first-order valence-corrected chi connectivity index (χ1v) is 9.55. The van der Waals surface area contributed by atoms with E-state index in [0.717, 1.165) is 16.5 Å². The van der Waals surface area contributed by atoms with Gasteiger partial charge >= 0.3 is 0 Å². The highest BCUT2D eigenvalue weighted by atomic mass is 32.2. The van der Waals surface area contributed by atoms with Gasteiger partial charge in [0.05, 0.1) is 33.7 Å². The van der Waals surface area contributed by atoms with Crippen molar-refractivity contribution in [2.75, 3.05) is 16.8 Å². The molecule has 25 heavy (non-hydrogen) atoms. The van der Waals surface area contributed by atoms with Crippen LogP contribution >= 0.6 is 0 Å². The van der Waals surface area contributed by atoms with E-state index in [9.17, 15) is 13.5 Å². The van der Waals surface area contributed by atoms with Crippen molar-refractivity contribution in [2.45, 2.75) is 17.9 Å². The molecule has 0 saturated heterocycles. The van der Waals surface area contributed by atoms with Crippen LogP contribution in [-0.2, 0) is 22.8 Å². The molecule has 1 aliphatic heterocycles. The van der Waals surface area contributed by atoms with Gasteiger partial charge in [-0.15, -0.1) is 0 Å². The Bertz CT molecular complexity index is 1090. The first kappa shape index (κ1) is 15.7. The van der Waals surface area contributed by atoms with Crippen LogP contribution in [0.1, 0.15) is 11.1 Å². The smallest absolute Gasteiger partial charge is 0.179 e. The van der Waals surface area contributed by atoms with Gasteiger partial charge in [-0.1, -0.05) is 12.1 Å². The van der Waals surface area contributed by atoms with E-state index in [0.29, 0.717) is 34.8 Å². The number of phenols is 1. The molecule has 128 valence electrons. The lowest BCUT2D eigenvalue weighted by molar-refractivity contribution is 0.474. The van der Waals surface area contributed by atoms with Crippen LogP contribution in [0.25, 0.3) is 10.9 Å². The first-order valence-electron chi connectivity index (χ1n) is 7.90. The summed E-state index contributed by atoms with van der Waals surface area (Å²) in [6.45, 7) is 0.453. The molecule has 0 amide bonds. The monoisotopic (exact) mass is 355 g/mol. The number of nitrogens with one attached hydrogen (secondary N) is 1. The highest BCUT2D eigenvalue weighted by molar-refractivity contribution is 7.91. The number of aryl methyl sites for hydroxylation is 1. The molecule has 2 heterocycles. The summed E-state index contributed by atoms with van der Waals surface area (Å²) in [6.07, 6.45) is 2.03. The maximum Gasteiger partial charge on any atom is 0.179 e. The van der Waals surface area contributed by atoms with Crippen molar-refractivity contribution in [2.24, 2.45) is 0 Å². The zero-order valence-corrected chi connectivity index (χ0v) is 14.2. The molecular weight excluding hydrogens is 338 g/mol. The van der Waals surface area contributed by atoms with Gasteiger partial charge in [0.1, 0.15) is 5.75 Å². The molecule has 3 aromatic rings. The average Bonchev–Trinajstić information content (AvgIpc) is 2.89. The Labute approximate surface area is 145 Å². The normalized spacial score (nSPS) is 15.2. The number of phenolic OH excluding ortho intramolecular Hbond substituents is 1. The fourth-order valence-electron chi connectivity index (χ4n) is 3.28. The minimum absolute atomic E-state index is 0.113. The van der Waals surface area contributed by atoms with Gasteiger partial charge in [-0.05, 0) is 41.8 Å². The van der Waals surface area contributed by atoms with Crippen molar-refractivity contribution in [1.29, 1.82) is 0 Å². The Morgan fingerprint density at radius 3 is 2.88 bits per heavy atom. The zero-order valence-electron chi connectivity index (χ0n) is 13.4. The minimum Gasteiger partial charge on any atom is -0.508 e. The number of pyridine rings is 1. The van der Waals surface area contributed by atoms with Gasteiger partial charge in [-0.3, -0.25) is 4.98 Å². The van der Waals surface area contributed by atoms with Crippen molar-refractivity contribution in [3.63, 3.8) is 0 Å². The van der Waals surface area contributed by atoms with Gasteiger partial charge in [0.25, 0.3) is 0 Å². The average molecular weight is 355 g/mol. The van der Waals surface area contributed by atoms with Gasteiger partial charge in [-0.25, -0.2) is 8.42 Å². The van der Waals surface area contributed by atoms with E-state index in [1.165, 1.54) is 0 Å². The molecule has 0 fully saturated rings. The minimum atomic E-state index is -3.23. The molecule has 6 nitrogen and oxygen atoms in total. The van der Waals surface area contributed by atoms with E-state index in [1.807, 2.05) is 6.07 Å². The second kappa shape index (κ2) is 5.63. The highest BCUT2D eigenvalue weighted by Gasteiger charge is 2.29. The van der Waals surface area contributed by atoms with E-state index >= 15 is 0 Å². The molecule has 1 aromatic heterocycles.